The van der Waals surface area contributed by atoms with Gasteiger partial charge in [-0.15, -0.1) is 0 Å². The summed E-state index contributed by atoms with van der Waals surface area (Å²) in [6, 6.07) is 8.40. The van der Waals surface area contributed by atoms with Crippen molar-refractivity contribution in [3.8, 4) is 0 Å². The van der Waals surface area contributed by atoms with Crippen molar-refractivity contribution >= 4 is 35.0 Å². The summed E-state index contributed by atoms with van der Waals surface area (Å²) in [6.45, 7) is 4.52. The van der Waals surface area contributed by atoms with Crippen molar-refractivity contribution in [2.24, 2.45) is 0 Å². The molecule has 33 heavy (non-hydrogen) atoms. The van der Waals surface area contributed by atoms with Gasteiger partial charge in [0.15, 0.2) is 5.69 Å². The molecule has 0 spiro atoms. The number of fused-ring (bicyclic) bond motifs is 1. The van der Waals surface area contributed by atoms with Crippen LogP contribution in [0.4, 0.5) is 5.69 Å². The van der Waals surface area contributed by atoms with Crippen LogP contribution in [0, 0.1) is 0 Å². The first-order valence-electron chi connectivity index (χ1n) is 11.6. The number of benzene rings is 1. The van der Waals surface area contributed by atoms with E-state index in [1.165, 1.54) is 10.7 Å². The second-order valence-corrected chi connectivity index (χ2v) is 9.51. The number of halogens is 1. The maximum absolute atomic E-state index is 13.5. The minimum Gasteiger partial charge on any atom is -0.351 e. The molecule has 1 aromatic carbocycles. The number of nitrogens with one attached hydrogen (secondary N) is 2. The maximum Gasteiger partial charge on any atom is 0.276 e. The zero-order valence-electron chi connectivity index (χ0n) is 19.1. The lowest BCUT2D eigenvalue weighted by molar-refractivity contribution is -0.133. The van der Waals surface area contributed by atoms with Crippen LogP contribution in [0.25, 0.3) is 0 Å². The van der Waals surface area contributed by atoms with Crippen molar-refractivity contribution in [3.05, 3.63) is 46.7 Å². The number of carbonyl (C=O) groups excluding carboxylic acids is 3. The molecule has 1 aliphatic carbocycles. The molecule has 0 saturated heterocycles. The van der Waals surface area contributed by atoms with E-state index in [9.17, 15) is 14.4 Å². The van der Waals surface area contributed by atoms with E-state index in [2.05, 4.69) is 15.7 Å². The molecule has 2 aliphatic rings. The summed E-state index contributed by atoms with van der Waals surface area (Å²) >= 11 is 5.90. The van der Waals surface area contributed by atoms with E-state index in [1.54, 1.807) is 36.1 Å². The van der Waals surface area contributed by atoms with Gasteiger partial charge >= 0.3 is 0 Å². The number of anilines is 1. The zero-order chi connectivity index (χ0) is 23.6. The molecule has 9 heteroatoms. The van der Waals surface area contributed by atoms with Crippen LogP contribution in [0.3, 0.4) is 0 Å². The van der Waals surface area contributed by atoms with Gasteiger partial charge in [-0.1, -0.05) is 37.8 Å². The van der Waals surface area contributed by atoms with Gasteiger partial charge in [0, 0.05) is 29.4 Å². The van der Waals surface area contributed by atoms with E-state index in [-0.39, 0.29) is 30.1 Å². The molecule has 4 rings (SSSR count). The number of aromatic nitrogens is 2. The number of hydrogen-bond acceptors (Lipinski definition) is 4. The van der Waals surface area contributed by atoms with Crippen LogP contribution in [0.1, 0.15) is 73.3 Å². The third-order valence-corrected chi connectivity index (χ3v) is 6.80. The van der Waals surface area contributed by atoms with Crippen LogP contribution in [0.5, 0.6) is 0 Å². The highest BCUT2D eigenvalue weighted by Crippen LogP contribution is 2.29. The lowest BCUT2D eigenvalue weighted by Gasteiger charge is -2.43. The van der Waals surface area contributed by atoms with E-state index in [1.807, 2.05) is 6.92 Å². The Hall–Kier alpha value is -2.87. The third-order valence-electron chi connectivity index (χ3n) is 6.55. The molecule has 2 aromatic rings. The minimum absolute atomic E-state index is 0.129. The van der Waals surface area contributed by atoms with E-state index >= 15 is 0 Å². The van der Waals surface area contributed by atoms with E-state index < -0.39 is 11.4 Å². The number of rotatable bonds is 7. The fourth-order valence-corrected chi connectivity index (χ4v) is 4.68. The number of unbranched alkanes of at least 4 members (excludes halogenated alkanes) is 1. The Morgan fingerprint density at radius 3 is 2.58 bits per heavy atom. The van der Waals surface area contributed by atoms with Gasteiger partial charge in [0.25, 0.3) is 11.8 Å². The van der Waals surface area contributed by atoms with E-state index in [0.717, 1.165) is 38.5 Å². The summed E-state index contributed by atoms with van der Waals surface area (Å²) in [5, 5.41) is 10.9. The van der Waals surface area contributed by atoms with Crippen molar-refractivity contribution in [1.29, 1.82) is 0 Å². The fraction of sp³-hybridized carbons (Fsp3) is 0.500. The van der Waals surface area contributed by atoms with Crippen molar-refractivity contribution in [2.45, 2.75) is 70.5 Å². The first-order valence-corrected chi connectivity index (χ1v) is 12.0. The molecule has 1 aliphatic heterocycles. The molecule has 1 fully saturated rings. The van der Waals surface area contributed by atoms with Gasteiger partial charge in [0.1, 0.15) is 11.2 Å². The molecule has 1 aromatic heterocycles. The maximum atomic E-state index is 13.5. The highest BCUT2D eigenvalue weighted by molar-refractivity contribution is 6.30. The van der Waals surface area contributed by atoms with Crippen molar-refractivity contribution in [2.75, 3.05) is 11.9 Å². The second kappa shape index (κ2) is 9.55. The first kappa shape index (κ1) is 23.3. The Bertz CT molecular complexity index is 1040. The monoisotopic (exact) mass is 471 g/mol. The molecular formula is C24H30ClN5O3. The summed E-state index contributed by atoms with van der Waals surface area (Å²) in [5.41, 5.74) is -0.0487. The third kappa shape index (κ3) is 4.76. The summed E-state index contributed by atoms with van der Waals surface area (Å²) in [6.07, 6.45) is 5.83. The molecule has 0 unspecified atom stereocenters. The average Bonchev–Trinajstić information content (AvgIpc) is 3.45. The summed E-state index contributed by atoms with van der Waals surface area (Å²) in [5.74, 6) is -0.867. The normalized spacial score (nSPS) is 20.6. The number of carbonyl (C=O) groups is 3. The molecule has 176 valence electrons. The Morgan fingerprint density at radius 2 is 1.91 bits per heavy atom. The van der Waals surface area contributed by atoms with Crippen LogP contribution in [0.15, 0.2) is 30.3 Å². The second-order valence-electron chi connectivity index (χ2n) is 9.07. The molecule has 2 heterocycles. The van der Waals surface area contributed by atoms with Gasteiger partial charge in [0.05, 0.1) is 6.54 Å². The van der Waals surface area contributed by atoms with Crippen LogP contribution in [-0.4, -0.2) is 50.5 Å². The highest BCUT2D eigenvalue weighted by Gasteiger charge is 2.48. The molecule has 2 N–H and O–H groups in total. The van der Waals surface area contributed by atoms with Gasteiger partial charge in [-0.25, -0.2) is 0 Å². The topological polar surface area (TPSA) is 96.3 Å². The van der Waals surface area contributed by atoms with Gasteiger partial charge in [-0.3, -0.25) is 19.1 Å². The van der Waals surface area contributed by atoms with E-state index in [4.69, 9.17) is 11.6 Å². The molecule has 1 atom stereocenters. The smallest absolute Gasteiger partial charge is 0.276 e. The first-order chi connectivity index (χ1) is 15.8. The van der Waals surface area contributed by atoms with E-state index in [0.29, 0.717) is 22.9 Å². The van der Waals surface area contributed by atoms with Crippen molar-refractivity contribution in [1.82, 2.24) is 20.0 Å². The zero-order valence-corrected chi connectivity index (χ0v) is 19.8. The number of hydrogen-bond donors (Lipinski definition) is 2. The quantitative estimate of drug-likeness (QED) is 0.640. The van der Waals surface area contributed by atoms with Crippen molar-refractivity contribution < 1.29 is 14.4 Å². The predicted octanol–water partition coefficient (Wildman–Crippen LogP) is 3.86. The standard InChI is InChI=1S/C24H30ClN5O3/c1-3-4-13-29-22(32)20-14-19(21(31)26-18-11-9-16(25)10-12-18)28-30(20)15-24(29,2)23(33)27-17-7-5-6-8-17/h9-12,14,17H,3-8,13,15H2,1-2H3,(H,26,31)(H,27,33)/t24-/m0/s1. The predicted molar refractivity (Wildman–Crippen MR) is 126 cm³/mol. The van der Waals surface area contributed by atoms with Gasteiger partial charge in [0.2, 0.25) is 5.91 Å². The molecule has 0 radical (unpaired) electrons. The largest absolute Gasteiger partial charge is 0.351 e. The van der Waals surface area contributed by atoms with Crippen molar-refractivity contribution in [3.63, 3.8) is 0 Å². The van der Waals surface area contributed by atoms with Crippen LogP contribution < -0.4 is 10.6 Å². The molecular weight excluding hydrogens is 442 g/mol. The fourth-order valence-electron chi connectivity index (χ4n) is 4.56. The Morgan fingerprint density at radius 1 is 1.21 bits per heavy atom. The minimum atomic E-state index is -1.07. The summed E-state index contributed by atoms with van der Waals surface area (Å²) in [4.78, 5) is 41.3. The van der Waals surface area contributed by atoms with Gasteiger partial charge in [-0.2, -0.15) is 5.10 Å². The highest BCUT2D eigenvalue weighted by atomic mass is 35.5. The van der Waals surface area contributed by atoms with Gasteiger partial charge in [-0.05, 0) is 50.5 Å². The van der Waals surface area contributed by atoms with Crippen LogP contribution in [-0.2, 0) is 11.3 Å². The average molecular weight is 472 g/mol. The summed E-state index contributed by atoms with van der Waals surface area (Å²) in [7, 11) is 0. The van der Waals surface area contributed by atoms with Gasteiger partial charge < -0.3 is 15.5 Å². The number of amides is 3. The molecule has 1 saturated carbocycles. The molecule has 0 bridgehead atoms. The Balaban J connectivity index is 1.59. The Labute approximate surface area is 198 Å². The SMILES string of the molecule is CCCCN1C(=O)c2cc(C(=O)Nc3ccc(Cl)cc3)nn2C[C@@]1(C)C(=O)NC1CCCC1. The number of nitrogens with zero attached hydrogens (tertiary/aromatic N) is 3. The molecule has 3 amide bonds. The Kier molecular flexibility index (Phi) is 6.74. The molecule has 8 nitrogen and oxygen atoms in total. The van der Waals surface area contributed by atoms with Crippen LogP contribution in [0.2, 0.25) is 5.02 Å². The lowest BCUT2D eigenvalue weighted by Crippen LogP contribution is -2.65. The summed E-state index contributed by atoms with van der Waals surface area (Å²) < 4.78 is 1.50. The van der Waals surface area contributed by atoms with Crippen LogP contribution >= 0.6 is 11.6 Å². The lowest BCUT2D eigenvalue weighted by atomic mass is 9.94.